The van der Waals surface area contributed by atoms with Crippen LogP contribution in [-0.4, -0.2) is 16.8 Å². The number of amides is 1. The zero-order valence-corrected chi connectivity index (χ0v) is 17.1. The van der Waals surface area contributed by atoms with E-state index in [1.54, 1.807) is 34.9 Å². The van der Waals surface area contributed by atoms with Crippen LogP contribution in [0.25, 0.3) is 0 Å². The molecule has 7 heteroatoms. The van der Waals surface area contributed by atoms with Crippen LogP contribution < -0.4 is 5.32 Å². The Morgan fingerprint density at radius 3 is 2.81 bits per heavy atom. The van der Waals surface area contributed by atoms with E-state index < -0.39 is 0 Å². The van der Waals surface area contributed by atoms with Crippen molar-refractivity contribution in [2.75, 3.05) is 11.1 Å². The number of rotatable bonds is 8. The molecule has 26 heavy (non-hydrogen) atoms. The van der Waals surface area contributed by atoms with Crippen LogP contribution in [0.15, 0.2) is 50.5 Å². The van der Waals surface area contributed by atoms with Gasteiger partial charge in [0.2, 0.25) is 5.91 Å². The van der Waals surface area contributed by atoms with E-state index in [1.165, 1.54) is 5.56 Å². The molecule has 136 valence electrons. The van der Waals surface area contributed by atoms with Crippen LogP contribution in [-0.2, 0) is 16.3 Å². The van der Waals surface area contributed by atoms with E-state index >= 15 is 0 Å². The Labute approximate surface area is 165 Å². The number of thiophene rings is 1. The fraction of sp³-hybridized carbons (Fsp3) is 0.263. The molecule has 2 heterocycles. The second kappa shape index (κ2) is 9.30. The lowest BCUT2D eigenvalue weighted by molar-refractivity contribution is -0.113. The number of nitrogens with one attached hydrogen (secondary N) is 1. The van der Waals surface area contributed by atoms with Gasteiger partial charge in [0.1, 0.15) is 5.76 Å². The first-order valence-electron chi connectivity index (χ1n) is 8.15. The zero-order valence-electron chi connectivity index (χ0n) is 14.7. The maximum atomic E-state index is 12.3. The number of nitrogens with zero attached hydrogens (tertiary/aromatic N) is 1. The van der Waals surface area contributed by atoms with Crippen molar-refractivity contribution in [3.63, 3.8) is 0 Å². The van der Waals surface area contributed by atoms with Crippen molar-refractivity contribution in [3.8, 4) is 0 Å². The molecule has 0 atom stereocenters. The summed E-state index contributed by atoms with van der Waals surface area (Å²) < 4.78 is 5.16. The molecule has 0 bridgehead atoms. The average molecular weight is 405 g/mol. The van der Waals surface area contributed by atoms with Crippen molar-refractivity contribution in [2.45, 2.75) is 30.2 Å². The summed E-state index contributed by atoms with van der Waals surface area (Å²) in [4.78, 5) is 13.4. The van der Waals surface area contributed by atoms with Gasteiger partial charge in [-0.3, -0.25) is 4.79 Å². The highest BCUT2D eigenvalue weighted by Crippen LogP contribution is 2.30. The molecule has 0 radical (unpaired) electrons. The first kappa shape index (κ1) is 19.1. The van der Waals surface area contributed by atoms with E-state index in [0.29, 0.717) is 5.75 Å². The highest BCUT2D eigenvalue weighted by molar-refractivity contribution is 7.99. The smallest absolute Gasteiger partial charge is 0.234 e. The molecule has 0 aliphatic heterocycles. The molecule has 0 aliphatic rings. The summed E-state index contributed by atoms with van der Waals surface area (Å²) in [6.07, 6.45) is 0. The van der Waals surface area contributed by atoms with Gasteiger partial charge in [0, 0.05) is 22.0 Å². The Bertz CT molecular complexity index is 840. The van der Waals surface area contributed by atoms with Gasteiger partial charge in [-0.1, -0.05) is 17.3 Å². The third kappa shape index (κ3) is 5.16. The highest BCUT2D eigenvalue weighted by atomic mass is 32.2. The maximum Gasteiger partial charge on any atom is 0.234 e. The summed E-state index contributed by atoms with van der Waals surface area (Å²) in [6, 6.07) is 10.1. The number of carbonyl (C=O) groups is 1. The molecule has 0 saturated carbocycles. The van der Waals surface area contributed by atoms with Gasteiger partial charge < -0.3 is 9.84 Å². The maximum absolute atomic E-state index is 12.3. The second-order valence-corrected chi connectivity index (χ2v) is 8.54. The number of hydrogen-bond acceptors (Lipinski definition) is 6. The topological polar surface area (TPSA) is 55.1 Å². The summed E-state index contributed by atoms with van der Waals surface area (Å²) in [6.45, 7) is 3.82. The molecule has 3 aromatic rings. The van der Waals surface area contributed by atoms with Gasteiger partial charge in [0.25, 0.3) is 0 Å². The van der Waals surface area contributed by atoms with E-state index in [0.717, 1.165) is 39.1 Å². The lowest BCUT2D eigenvalue weighted by atomic mass is 10.2. The number of aromatic nitrogens is 1. The van der Waals surface area contributed by atoms with Gasteiger partial charge in [-0.2, -0.15) is 11.3 Å². The van der Waals surface area contributed by atoms with Crippen molar-refractivity contribution in [2.24, 2.45) is 0 Å². The molecule has 0 unspecified atom stereocenters. The number of thioether (sulfide) groups is 2. The van der Waals surface area contributed by atoms with Gasteiger partial charge in [-0.05, 0) is 48.4 Å². The first-order chi connectivity index (χ1) is 12.6. The Balaban J connectivity index is 1.52. The SMILES string of the molecule is Cc1noc(C)c1CSCC(=O)Nc1ccccc1SCc1ccsc1. The summed E-state index contributed by atoms with van der Waals surface area (Å²) in [7, 11) is 0. The largest absolute Gasteiger partial charge is 0.361 e. The van der Waals surface area contributed by atoms with Crippen molar-refractivity contribution in [1.82, 2.24) is 5.16 Å². The third-order valence-corrected chi connectivity index (χ3v) is 6.63. The number of para-hydroxylation sites is 1. The van der Waals surface area contributed by atoms with E-state index in [-0.39, 0.29) is 5.91 Å². The number of aryl methyl sites for hydroxylation is 2. The van der Waals surface area contributed by atoms with E-state index in [9.17, 15) is 4.79 Å². The molecule has 0 fully saturated rings. The van der Waals surface area contributed by atoms with E-state index in [4.69, 9.17) is 4.52 Å². The molecule has 0 saturated heterocycles. The summed E-state index contributed by atoms with van der Waals surface area (Å²) in [5.74, 6) is 2.85. The fourth-order valence-electron chi connectivity index (χ4n) is 2.37. The Hall–Kier alpha value is -1.70. The van der Waals surface area contributed by atoms with Crippen LogP contribution in [0.2, 0.25) is 0 Å². The van der Waals surface area contributed by atoms with Crippen molar-refractivity contribution >= 4 is 46.5 Å². The van der Waals surface area contributed by atoms with Crippen molar-refractivity contribution in [3.05, 3.63) is 63.7 Å². The molecular formula is C19H20N2O2S3. The van der Waals surface area contributed by atoms with Gasteiger partial charge in [-0.25, -0.2) is 0 Å². The minimum absolute atomic E-state index is 0.00495. The Kier molecular flexibility index (Phi) is 6.82. The molecule has 3 rings (SSSR count). The van der Waals surface area contributed by atoms with E-state index in [1.807, 2.05) is 38.1 Å². The van der Waals surface area contributed by atoms with Crippen LogP contribution in [0.3, 0.4) is 0 Å². The minimum Gasteiger partial charge on any atom is -0.361 e. The normalized spacial score (nSPS) is 10.8. The van der Waals surface area contributed by atoms with Gasteiger partial charge >= 0.3 is 0 Å². The number of anilines is 1. The van der Waals surface area contributed by atoms with Crippen LogP contribution in [0.1, 0.15) is 22.6 Å². The quantitative estimate of drug-likeness (QED) is 0.501. The summed E-state index contributed by atoms with van der Waals surface area (Å²) >= 11 is 5.01. The van der Waals surface area contributed by atoms with Crippen LogP contribution >= 0.6 is 34.9 Å². The third-order valence-electron chi connectivity index (χ3n) is 3.80. The molecular weight excluding hydrogens is 384 g/mol. The Morgan fingerprint density at radius 1 is 1.23 bits per heavy atom. The fourth-order valence-corrected chi connectivity index (χ4v) is 5.07. The molecule has 4 nitrogen and oxygen atoms in total. The standard InChI is InChI=1S/C19H20N2O2S3/c1-13-16(14(2)23-21-13)11-25-12-19(22)20-17-5-3-4-6-18(17)26-10-15-7-8-24-9-15/h3-9H,10-12H2,1-2H3,(H,20,22). The van der Waals surface area contributed by atoms with Crippen molar-refractivity contribution < 1.29 is 9.32 Å². The van der Waals surface area contributed by atoms with Gasteiger partial charge in [0.05, 0.1) is 17.1 Å². The predicted octanol–water partition coefficient (Wildman–Crippen LogP) is 5.52. The highest BCUT2D eigenvalue weighted by Gasteiger charge is 2.11. The Morgan fingerprint density at radius 2 is 2.08 bits per heavy atom. The molecule has 2 aromatic heterocycles. The molecule has 0 aliphatic carbocycles. The lowest BCUT2D eigenvalue weighted by Crippen LogP contribution is -2.14. The number of hydrogen-bond donors (Lipinski definition) is 1. The van der Waals surface area contributed by atoms with E-state index in [2.05, 4.69) is 27.3 Å². The second-order valence-electron chi connectivity index (χ2n) is 5.76. The van der Waals surface area contributed by atoms with Crippen LogP contribution in [0.4, 0.5) is 5.69 Å². The lowest BCUT2D eigenvalue weighted by Gasteiger charge is -2.10. The number of carbonyl (C=O) groups excluding carboxylic acids is 1. The van der Waals surface area contributed by atoms with Crippen LogP contribution in [0, 0.1) is 13.8 Å². The van der Waals surface area contributed by atoms with Gasteiger partial charge in [-0.15, -0.1) is 23.5 Å². The average Bonchev–Trinajstić information content (AvgIpc) is 3.26. The molecule has 1 aromatic carbocycles. The summed E-state index contributed by atoms with van der Waals surface area (Å²) in [5.41, 5.74) is 4.15. The van der Waals surface area contributed by atoms with Crippen molar-refractivity contribution in [1.29, 1.82) is 0 Å². The monoisotopic (exact) mass is 404 g/mol. The number of benzene rings is 1. The summed E-state index contributed by atoms with van der Waals surface area (Å²) in [5, 5.41) is 11.2. The molecule has 0 spiro atoms. The molecule has 1 N–H and O–H groups in total. The van der Waals surface area contributed by atoms with Crippen LogP contribution in [0.5, 0.6) is 0 Å². The molecule has 1 amide bonds. The zero-order chi connectivity index (χ0) is 18.4. The van der Waals surface area contributed by atoms with Gasteiger partial charge in [0.15, 0.2) is 0 Å². The minimum atomic E-state index is 0.00495. The predicted molar refractivity (Wildman–Crippen MR) is 111 cm³/mol. The first-order valence-corrected chi connectivity index (χ1v) is 11.2.